The number of imide groups is 1. The number of ether oxygens (including phenoxy) is 2. The van der Waals surface area contributed by atoms with Crippen LogP contribution in [0.25, 0.3) is 0 Å². The van der Waals surface area contributed by atoms with Crippen LogP contribution in [0.4, 0.5) is 4.79 Å². The molecule has 0 saturated carbocycles. The van der Waals surface area contributed by atoms with E-state index in [-0.39, 0.29) is 19.0 Å². The predicted octanol–water partition coefficient (Wildman–Crippen LogP) is -1.29. The van der Waals surface area contributed by atoms with Gasteiger partial charge >= 0.3 is 12.0 Å². The van der Waals surface area contributed by atoms with Gasteiger partial charge in [0.15, 0.2) is 0 Å². The number of amides is 3. The van der Waals surface area contributed by atoms with Gasteiger partial charge in [0.05, 0.1) is 20.3 Å². The highest BCUT2D eigenvalue weighted by Gasteiger charge is 2.30. The number of urea groups is 1. The lowest BCUT2D eigenvalue weighted by Gasteiger charge is -2.33. The molecule has 0 bridgehead atoms. The normalized spacial score (nSPS) is 19.6. The van der Waals surface area contributed by atoms with E-state index in [1.165, 1.54) is 14.2 Å². The van der Waals surface area contributed by atoms with Crippen LogP contribution in [0.15, 0.2) is 0 Å². The van der Waals surface area contributed by atoms with Crippen LogP contribution < -0.4 is 10.6 Å². The summed E-state index contributed by atoms with van der Waals surface area (Å²) in [6, 6.07) is -1.04. The molecule has 8 nitrogen and oxygen atoms in total. The molecule has 0 aromatic rings. The minimum atomic E-state index is -0.545. The van der Waals surface area contributed by atoms with E-state index < -0.39 is 18.0 Å². The molecule has 1 rings (SSSR count). The Morgan fingerprint density at radius 3 is 2.79 bits per heavy atom. The first-order valence-corrected chi connectivity index (χ1v) is 5.99. The Hall–Kier alpha value is -1.67. The zero-order valence-electron chi connectivity index (χ0n) is 11.1. The van der Waals surface area contributed by atoms with Crippen molar-refractivity contribution in [1.82, 2.24) is 15.5 Å². The van der Waals surface area contributed by atoms with E-state index >= 15 is 0 Å². The second kappa shape index (κ2) is 7.70. The van der Waals surface area contributed by atoms with Gasteiger partial charge in [0.1, 0.15) is 6.04 Å². The van der Waals surface area contributed by atoms with Crippen molar-refractivity contribution in [3.63, 3.8) is 0 Å². The van der Waals surface area contributed by atoms with E-state index in [0.29, 0.717) is 19.7 Å². The average Bonchev–Trinajstić information content (AvgIpc) is 2.44. The highest BCUT2D eigenvalue weighted by atomic mass is 16.5. The molecule has 8 heteroatoms. The number of hydrogen-bond donors (Lipinski definition) is 2. The summed E-state index contributed by atoms with van der Waals surface area (Å²) in [5.74, 6) is -0.777. The van der Waals surface area contributed by atoms with Crippen LogP contribution in [0, 0.1) is 0 Å². The Labute approximate surface area is 111 Å². The smallest absolute Gasteiger partial charge is 0.325 e. The number of nitrogens with one attached hydrogen (secondary N) is 2. The lowest BCUT2D eigenvalue weighted by Crippen LogP contribution is -2.51. The Morgan fingerprint density at radius 1 is 1.42 bits per heavy atom. The summed E-state index contributed by atoms with van der Waals surface area (Å²) >= 11 is 0. The Balaban J connectivity index is 2.42. The van der Waals surface area contributed by atoms with Crippen LogP contribution in [0.3, 0.4) is 0 Å². The molecule has 0 aliphatic carbocycles. The van der Waals surface area contributed by atoms with Crippen molar-refractivity contribution in [3.8, 4) is 0 Å². The van der Waals surface area contributed by atoms with Gasteiger partial charge in [-0.05, 0) is 0 Å². The molecule has 1 aliphatic heterocycles. The van der Waals surface area contributed by atoms with Crippen molar-refractivity contribution >= 4 is 17.9 Å². The van der Waals surface area contributed by atoms with Crippen molar-refractivity contribution in [2.24, 2.45) is 0 Å². The minimum absolute atomic E-state index is 0.126. The Bertz CT molecular complexity index is 347. The summed E-state index contributed by atoms with van der Waals surface area (Å²) in [7, 11) is 2.74. The van der Waals surface area contributed by atoms with Gasteiger partial charge in [-0.15, -0.1) is 0 Å². The van der Waals surface area contributed by atoms with E-state index in [1.54, 1.807) is 0 Å². The van der Waals surface area contributed by atoms with Crippen molar-refractivity contribution in [1.29, 1.82) is 0 Å². The van der Waals surface area contributed by atoms with Crippen LogP contribution in [0.1, 0.15) is 6.42 Å². The van der Waals surface area contributed by atoms with Crippen LogP contribution in [0.2, 0.25) is 0 Å². The number of methoxy groups -OCH3 is 1. The molecule has 108 valence electrons. The summed E-state index contributed by atoms with van der Waals surface area (Å²) in [4.78, 5) is 35.8. The van der Waals surface area contributed by atoms with E-state index in [4.69, 9.17) is 4.74 Å². The molecule has 1 fully saturated rings. The van der Waals surface area contributed by atoms with E-state index in [1.807, 2.05) is 4.90 Å². The number of hydrogen-bond acceptors (Lipinski definition) is 6. The average molecular weight is 273 g/mol. The third kappa shape index (κ3) is 4.84. The lowest BCUT2D eigenvalue weighted by atomic mass is 10.2. The third-order valence-electron chi connectivity index (χ3n) is 2.82. The topological polar surface area (TPSA) is 97.0 Å². The predicted molar refractivity (Wildman–Crippen MR) is 65.4 cm³/mol. The van der Waals surface area contributed by atoms with E-state index in [2.05, 4.69) is 15.4 Å². The maximum absolute atomic E-state index is 11.5. The van der Waals surface area contributed by atoms with Crippen LogP contribution in [-0.2, 0) is 19.1 Å². The van der Waals surface area contributed by atoms with E-state index in [9.17, 15) is 14.4 Å². The van der Waals surface area contributed by atoms with Gasteiger partial charge in [0.2, 0.25) is 5.91 Å². The third-order valence-corrected chi connectivity index (χ3v) is 2.82. The highest BCUT2D eigenvalue weighted by Crippen LogP contribution is 2.09. The standard InChI is InChI=1S/C11H19N3O5/c1-12-11(17)13-9(15)3-4-14-5-6-19-7-8(14)10(16)18-2/h8H,3-7H2,1-2H3,(H2,12,13,15,17). The van der Waals surface area contributed by atoms with Crippen LogP contribution in [-0.4, -0.2) is 69.3 Å². The lowest BCUT2D eigenvalue weighted by molar-refractivity contribution is -0.153. The van der Waals surface area contributed by atoms with Crippen LogP contribution in [0.5, 0.6) is 0 Å². The molecular formula is C11H19N3O5. The zero-order valence-corrected chi connectivity index (χ0v) is 11.1. The fourth-order valence-electron chi connectivity index (χ4n) is 1.76. The zero-order chi connectivity index (χ0) is 14.3. The number of morpholine rings is 1. The number of carbonyl (C=O) groups is 3. The van der Waals surface area contributed by atoms with Gasteiger partial charge in [-0.1, -0.05) is 0 Å². The number of rotatable bonds is 4. The molecule has 1 heterocycles. The van der Waals surface area contributed by atoms with Crippen molar-refractivity contribution in [2.75, 3.05) is 40.5 Å². The minimum Gasteiger partial charge on any atom is -0.468 e. The molecule has 0 spiro atoms. The number of esters is 1. The maximum Gasteiger partial charge on any atom is 0.325 e. The first kappa shape index (κ1) is 15.4. The summed E-state index contributed by atoms with van der Waals surface area (Å²) in [6.45, 7) is 1.67. The SMILES string of the molecule is CNC(=O)NC(=O)CCN1CCOCC1C(=O)OC. The molecular weight excluding hydrogens is 254 g/mol. The molecule has 3 amide bonds. The second-order valence-electron chi connectivity index (χ2n) is 4.03. The summed E-state index contributed by atoms with van der Waals surface area (Å²) in [6.07, 6.45) is 0.126. The van der Waals surface area contributed by atoms with Crippen molar-refractivity contribution < 1.29 is 23.9 Å². The van der Waals surface area contributed by atoms with E-state index in [0.717, 1.165) is 0 Å². The fraction of sp³-hybridized carbons (Fsp3) is 0.727. The molecule has 2 N–H and O–H groups in total. The highest BCUT2D eigenvalue weighted by molar-refractivity contribution is 5.94. The van der Waals surface area contributed by atoms with Gasteiger partial charge in [-0.2, -0.15) is 0 Å². The fourth-order valence-corrected chi connectivity index (χ4v) is 1.76. The molecule has 1 aliphatic rings. The Kier molecular flexibility index (Phi) is 6.23. The Morgan fingerprint density at radius 2 is 2.16 bits per heavy atom. The number of nitrogens with zero attached hydrogens (tertiary/aromatic N) is 1. The van der Waals surface area contributed by atoms with Gasteiger partial charge in [-0.25, -0.2) is 4.79 Å². The quantitative estimate of drug-likeness (QED) is 0.618. The number of carbonyl (C=O) groups excluding carboxylic acids is 3. The molecule has 19 heavy (non-hydrogen) atoms. The van der Waals surface area contributed by atoms with Gasteiger partial charge in [0, 0.05) is 26.6 Å². The molecule has 0 radical (unpaired) electrons. The van der Waals surface area contributed by atoms with Gasteiger partial charge in [0.25, 0.3) is 0 Å². The largest absolute Gasteiger partial charge is 0.468 e. The molecule has 1 saturated heterocycles. The van der Waals surface area contributed by atoms with Crippen molar-refractivity contribution in [3.05, 3.63) is 0 Å². The molecule has 0 aromatic carbocycles. The second-order valence-corrected chi connectivity index (χ2v) is 4.03. The summed E-state index contributed by atoms with van der Waals surface area (Å²) in [5.41, 5.74) is 0. The molecule has 1 unspecified atom stereocenters. The first-order chi connectivity index (χ1) is 9.08. The monoisotopic (exact) mass is 273 g/mol. The summed E-state index contributed by atoms with van der Waals surface area (Å²) in [5, 5.41) is 4.46. The maximum atomic E-state index is 11.5. The molecule has 0 aromatic heterocycles. The van der Waals surface area contributed by atoms with Gasteiger partial charge < -0.3 is 14.8 Å². The van der Waals surface area contributed by atoms with Crippen molar-refractivity contribution in [2.45, 2.75) is 12.5 Å². The van der Waals surface area contributed by atoms with Gasteiger partial charge in [-0.3, -0.25) is 19.8 Å². The first-order valence-electron chi connectivity index (χ1n) is 5.99. The van der Waals surface area contributed by atoms with Crippen LogP contribution >= 0.6 is 0 Å². The molecule has 1 atom stereocenters. The summed E-state index contributed by atoms with van der Waals surface area (Å²) < 4.78 is 9.90.